The fourth-order valence-electron chi connectivity index (χ4n) is 1.22. The van der Waals surface area contributed by atoms with Gasteiger partial charge in [0.2, 0.25) is 0 Å². The van der Waals surface area contributed by atoms with Crippen molar-refractivity contribution in [2.75, 3.05) is 0 Å². The van der Waals surface area contributed by atoms with E-state index in [9.17, 15) is 4.79 Å². The average molecular weight is 237 g/mol. The van der Waals surface area contributed by atoms with Crippen LogP contribution in [0.5, 0.6) is 0 Å². The summed E-state index contributed by atoms with van der Waals surface area (Å²) in [5.74, 6) is 0.382. The van der Waals surface area contributed by atoms with E-state index in [-0.39, 0.29) is 0 Å². The number of hydrogen-bond donors (Lipinski definition) is 0. The third-order valence-electron chi connectivity index (χ3n) is 1.88. The molecule has 1 heterocycles. The molecule has 84 valence electrons. The minimum absolute atomic E-state index is 0.382. The lowest BCUT2D eigenvalue weighted by molar-refractivity contribution is 0.111. The van der Waals surface area contributed by atoms with Crippen LogP contribution in [0.1, 0.15) is 24.5 Å². The second-order valence-electron chi connectivity index (χ2n) is 2.75. The maximum Gasteiger partial charge on any atom is 0.185 e. The van der Waals surface area contributed by atoms with E-state index in [1.165, 1.54) is 0 Å². The smallest absolute Gasteiger partial charge is 0.185 e. The molecular weight excluding hydrogens is 224 g/mol. The quantitative estimate of drug-likeness (QED) is 0.750. The summed E-state index contributed by atoms with van der Waals surface area (Å²) in [5, 5.41) is 0.668. The molecule has 1 aromatic heterocycles. The number of nitrogens with zero attached hydrogens (tertiary/aromatic N) is 2. The topological polar surface area (TPSA) is 34.9 Å². The van der Waals surface area contributed by atoms with Crippen molar-refractivity contribution in [3.05, 3.63) is 47.5 Å². The van der Waals surface area contributed by atoms with Crippen molar-refractivity contribution in [2.45, 2.75) is 13.8 Å². The molecule has 0 bridgehead atoms. The van der Waals surface area contributed by atoms with Gasteiger partial charge in [-0.05, 0) is 24.3 Å². The van der Waals surface area contributed by atoms with Gasteiger partial charge in [0, 0.05) is 23.1 Å². The Labute approximate surface area is 99.7 Å². The molecule has 0 aliphatic rings. The van der Waals surface area contributed by atoms with E-state index in [1.807, 2.05) is 26.0 Å². The molecule has 3 nitrogen and oxygen atoms in total. The van der Waals surface area contributed by atoms with Gasteiger partial charge < -0.3 is 0 Å². The Kier molecular flexibility index (Phi) is 4.73. The summed E-state index contributed by atoms with van der Waals surface area (Å²) in [4.78, 5) is 14.5. The normalized spacial score (nSPS) is 9.19. The second kappa shape index (κ2) is 6.08. The van der Waals surface area contributed by atoms with Gasteiger partial charge in [-0.15, -0.1) is 0 Å². The highest BCUT2D eigenvalue weighted by molar-refractivity contribution is 6.30. The zero-order valence-corrected chi connectivity index (χ0v) is 9.98. The molecular formula is C12H13ClN2O. The first-order valence-electron chi connectivity index (χ1n) is 5.06. The van der Waals surface area contributed by atoms with Gasteiger partial charge in [-0.2, -0.15) is 0 Å². The number of rotatable bonds is 2. The highest BCUT2D eigenvalue weighted by atomic mass is 35.5. The highest BCUT2D eigenvalue weighted by Gasteiger charge is 2.02. The van der Waals surface area contributed by atoms with E-state index in [1.54, 1.807) is 29.1 Å². The van der Waals surface area contributed by atoms with Crippen molar-refractivity contribution in [3.63, 3.8) is 0 Å². The van der Waals surface area contributed by atoms with E-state index in [0.717, 1.165) is 5.69 Å². The number of carbonyl (C=O) groups is 1. The first-order valence-corrected chi connectivity index (χ1v) is 5.43. The Balaban J connectivity index is 0.000000606. The van der Waals surface area contributed by atoms with Crippen LogP contribution in [0.3, 0.4) is 0 Å². The number of carbonyl (C=O) groups excluding carboxylic acids is 1. The van der Waals surface area contributed by atoms with Crippen LogP contribution >= 0.6 is 11.6 Å². The molecule has 0 amide bonds. The van der Waals surface area contributed by atoms with Crippen molar-refractivity contribution in [2.24, 2.45) is 0 Å². The van der Waals surface area contributed by atoms with Gasteiger partial charge in [-0.25, -0.2) is 4.98 Å². The summed E-state index contributed by atoms with van der Waals surface area (Å²) in [6.45, 7) is 4.00. The summed E-state index contributed by atoms with van der Waals surface area (Å²) >= 11 is 5.75. The van der Waals surface area contributed by atoms with E-state index in [4.69, 9.17) is 11.6 Å². The van der Waals surface area contributed by atoms with Gasteiger partial charge in [0.1, 0.15) is 0 Å². The van der Waals surface area contributed by atoms with Gasteiger partial charge in [-0.3, -0.25) is 9.36 Å². The lowest BCUT2D eigenvalue weighted by Gasteiger charge is -2.03. The Bertz CT molecular complexity index is 448. The van der Waals surface area contributed by atoms with Crippen LogP contribution in [0.4, 0.5) is 0 Å². The van der Waals surface area contributed by atoms with Crippen LogP contribution in [0, 0.1) is 0 Å². The van der Waals surface area contributed by atoms with Crippen molar-refractivity contribution in [1.82, 2.24) is 9.55 Å². The van der Waals surface area contributed by atoms with Crippen LogP contribution < -0.4 is 0 Å². The maximum atomic E-state index is 10.6. The van der Waals surface area contributed by atoms with Gasteiger partial charge in [0.05, 0.1) is 0 Å². The van der Waals surface area contributed by atoms with Crippen molar-refractivity contribution in [1.29, 1.82) is 0 Å². The predicted octanol–water partition coefficient (Wildman–Crippen LogP) is 3.36. The Hall–Kier alpha value is -1.61. The molecule has 0 aliphatic heterocycles. The average Bonchev–Trinajstić information content (AvgIpc) is 2.81. The van der Waals surface area contributed by atoms with E-state index < -0.39 is 0 Å². The lowest BCUT2D eigenvalue weighted by Crippen LogP contribution is -1.98. The molecule has 0 atom stereocenters. The number of hydrogen-bond acceptors (Lipinski definition) is 2. The number of aromatic nitrogens is 2. The molecule has 1 aromatic carbocycles. The fourth-order valence-corrected chi connectivity index (χ4v) is 1.35. The zero-order valence-electron chi connectivity index (χ0n) is 9.22. The number of aldehydes is 1. The molecule has 0 fully saturated rings. The lowest BCUT2D eigenvalue weighted by atomic mass is 10.3. The fraction of sp³-hybridized carbons (Fsp3) is 0.167. The van der Waals surface area contributed by atoms with E-state index >= 15 is 0 Å². The summed E-state index contributed by atoms with van der Waals surface area (Å²) in [6.07, 6.45) is 4.03. The third kappa shape index (κ3) is 2.70. The van der Waals surface area contributed by atoms with Gasteiger partial charge in [0.15, 0.2) is 12.1 Å². The third-order valence-corrected chi connectivity index (χ3v) is 2.13. The second-order valence-corrected chi connectivity index (χ2v) is 3.19. The van der Waals surface area contributed by atoms with Crippen molar-refractivity contribution >= 4 is 17.9 Å². The van der Waals surface area contributed by atoms with Gasteiger partial charge in [0.25, 0.3) is 0 Å². The highest BCUT2D eigenvalue weighted by Crippen LogP contribution is 2.14. The Morgan fingerprint density at radius 2 is 1.88 bits per heavy atom. The van der Waals surface area contributed by atoms with Gasteiger partial charge in [-0.1, -0.05) is 25.4 Å². The van der Waals surface area contributed by atoms with Crippen LogP contribution in [0.15, 0.2) is 36.7 Å². The number of imidazole rings is 1. The summed E-state index contributed by atoms with van der Waals surface area (Å²) in [7, 11) is 0. The van der Waals surface area contributed by atoms with Crippen LogP contribution in [-0.2, 0) is 0 Å². The standard InChI is InChI=1S/C10H7ClN2O.C2H6/c11-8-1-3-9(4-2-8)13-6-5-12-10(13)7-14;1-2/h1-7H;1-2H3. The molecule has 0 aliphatic carbocycles. The van der Waals surface area contributed by atoms with E-state index in [0.29, 0.717) is 17.1 Å². The molecule has 16 heavy (non-hydrogen) atoms. The molecule has 0 unspecified atom stereocenters. The molecule has 0 radical (unpaired) electrons. The zero-order chi connectivity index (χ0) is 12.0. The molecule has 2 aromatic rings. The number of benzene rings is 1. The van der Waals surface area contributed by atoms with E-state index in [2.05, 4.69) is 4.98 Å². The van der Waals surface area contributed by atoms with Crippen LogP contribution in [-0.4, -0.2) is 15.8 Å². The number of halogens is 1. The first kappa shape index (κ1) is 12.5. The Morgan fingerprint density at radius 3 is 2.44 bits per heavy atom. The summed E-state index contributed by atoms with van der Waals surface area (Å²) < 4.78 is 1.70. The van der Waals surface area contributed by atoms with Crippen molar-refractivity contribution < 1.29 is 4.79 Å². The summed E-state index contributed by atoms with van der Waals surface area (Å²) in [5.41, 5.74) is 0.869. The molecule has 0 N–H and O–H groups in total. The first-order chi connectivity index (χ1) is 7.81. The SMILES string of the molecule is CC.O=Cc1nccn1-c1ccc(Cl)cc1. The predicted molar refractivity (Wildman–Crippen MR) is 65.3 cm³/mol. The largest absolute Gasteiger partial charge is 0.298 e. The molecule has 0 saturated carbocycles. The minimum Gasteiger partial charge on any atom is -0.298 e. The van der Waals surface area contributed by atoms with Crippen LogP contribution in [0.25, 0.3) is 5.69 Å². The Morgan fingerprint density at radius 1 is 1.25 bits per heavy atom. The molecule has 2 rings (SSSR count). The maximum absolute atomic E-state index is 10.6. The van der Waals surface area contributed by atoms with Crippen LogP contribution in [0.2, 0.25) is 5.02 Å². The molecule has 4 heteroatoms. The monoisotopic (exact) mass is 236 g/mol. The minimum atomic E-state index is 0.382. The molecule has 0 spiro atoms. The van der Waals surface area contributed by atoms with Gasteiger partial charge >= 0.3 is 0 Å². The summed E-state index contributed by atoms with van der Waals surface area (Å²) in [6, 6.07) is 7.20. The molecule has 0 saturated heterocycles. The van der Waals surface area contributed by atoms with Crippen molar-refractivity contribution in [3.8, 4) is 5.69 Å².